The van der Waals surface area contributed by atoms with Gasteiger partial charge >= 0.3 is 6.09 Å². The van der Waals surface area contributed by atoms with Crippen molar-refractivity contribution in [2.75, 3.05) is 4.90 Å². The summed E-state index contributed by atoms with van der Waals surface area (Å²) in [4.78, 5) is 28.2. The highest BCUT2D eigenvalue weighted by Gasteiger charge is 2.25. The maximum absolute atomic E-state index is 13.9. The lowest BCUT2D eigenvalue weighted by molar-refractivity contribution is 0.0576. The number of carbonyl (C=O) groups is 2. The SMILES string of the molecule is CC(C)(C)OC(=O)N(Cc1ccc(Cl)cc1)c1ccc(C=O)c(F)n1. The highest BCUT2D eigenvalue weighted by atomic mass is 35.5. The standard InChI is InChI=1S/C18H18ClFN2O3/c1-18(2,3)25-17(24)22(10-12-4-7-14(19)8-5-12)15-9-6-13(11-23)16(20)21-15/h4-9,11H,10H2,1-3H3. The molecule has 1 aromatic carbocycles. The molecule has 25 heavy (non-hydrogen) atoms. The van der Waals surface area contributed by atoms with Crippen molar-refractivity contribution in [3.05, 3.63) is 58.5 Å². The fourth-order valence-corrected chi connectivity index (χ4v) is 2.13. The fourth-order valence-electron chi connectivity index (χ4n) is 2.00. The molecule has 0 aliphatic rings. The number of carbonyl (C=O) groups excluding carboxylic acids is 2. The van der Waals surface area contributed by atoms with Gasteiger partial charge in [0.1, 0.15) is 11.4 Å². The summed E-state index contributed by atoms with van der Waals surface area (Å²) in [5, 5.41) is 0.562. The number of aromatic nitrogens is 1. The quantitative estimate of drug-likeness (QED) is 0.586. The predicted molar refractivity (Wildman–Crippen MR) is 93.5 cm³/mol. The van der Waals surface area contributed by atoms with Crippen LogP contribution in [-0.2, 0) is 11.3 Å². The van der Waals surface area contributed by atoms with Gasteiger partial charge in [-0.1, -0.05) is 23.7 Å². The minimum atomic E-state index is -0.947. The average Bonchev–Trinajstić information content (AvgIpc) is 2.52. The van der Waals surface area contributed by atoms with Crippen LogP contribution in [0.25, 0.3) is 0 Å². The Labute approximate surface area is 150 Å². The van der Waals surface area contributed by atoms with Gasteiger partial charge in [-0.05, 0) is 50.6 Å². The van der Waals surface area contributed by atoms with E-state index in [0.717, 1.165) is 5.56 Å². The van der Waals surface area contributed by atoms with E-state index < -0.39 is 17.6 Å². The van der Waals surface area contributed by atoms with E-state index in [1.807, 2.05) is 0 Å². The molecule has 132 valence electrons. The number of benzene rings is 1. The zero-order chi connectivity index (χ0) is 18.6. The third kappa shape index (κ3) is 5.26. The molecule has 0 unspecified atom stereocenters. The number of aldehydes is 1. The van der Waals surface area contributed by atoms with Gasteiger partial charge in [0.2, 0.25) is 5.95 Å². The van der Waals surface area contributed by atoms with Crippen molar-refractivity contribution >= 4 is 29.8 Å². The normalized spacial score (nSPS) is 11.1. The molecule has 0 saturated heterocycles. The number of hydrogen-bond acceptors (Lipinski definition) is 4. The lowest BCUT2D eigenvalue weighted by Crippen LogP contribution is -2.37. The molecular weight excluding hydrogens is 347 g/mol. The van der Waals surface area contributed by atoms with Crippen LogP contribution in [-0.4, -0.2) is 23.0 Å². The van der Waals surface area contributed by atoms with Crippen LogP contribution in [0.2, 0.25) is 5.02 Å². The van der Waals surface area contributed by atoms with Gasteiger partial charge in [0.25, 0.3) is 0 Å². The van der Waals surface area contributed by atoms with Crippen LogP contribution >= 0.6 is 11.6 Å². The molecule has 1 aromatic heterocycles. The van der Waals surface area contributed by atoms with Gasteiger partial charge in [-0.2, -0.15) is 4.39 Å². The second-order valence-electron chi connectivity index (χ2n) is 6.36. The summed E-state index contributed by atoms with van der Waals surface area (Å²) in [5.41, 5.74) is -0.146. The summed E-state index contributed by atoms with van der Waals surface area (Å²) in [7, 11) is 0. The minimum Gasteiger partial charge on any atom is -0.443 e. The van der Waals surface area contributed by atoms with Crippen molar-refractivity contribution in [2.45, 2.75) is 32.9 Å². The van der Waals surface area contributed by atoms with Crippen molar-refractivity contribution in [3.63, 3.8) is 0 Å². The molecular formula is C18H18ClFN2O3. The number of amides is 1. The predicted octanol–water partition coefficient (Wildman–Crippen LogP) is 4.63. The van der Waals surface area contributed by atoms with Gasteiger partial charge in [-0.25, -0.2) is 9.78 Å². The van der Waals surface area contributed by atoms with Crippen LogP contribution < -0.4 is 4.90 Å². The van der Waals surface area contributed by atoms with Crippen molar-refractivity contribution < 1.29 is 18.7 Å². The molecule has 0 fully saturated rings. The Hall–Kier alpha value is -2.47. The zero-order valence-corrected chi connectivity index (χ0v) is 14.9. The third-order valence-corrected chi connectivity index (χ3v) is 3.39. The number of pyridine rings is 1. The molecule has 0 aliphatic carbocycles. The molecule has 1 heterocycles. The summed E-state index contributed by atoms with van der Waals surface area (Å²) < 4.78 is 19.2. The third-order valence-electron chi connectivity index (χ3n) is 3.13. The lowest BCUT2D eigenvalue weighted by Gasteiger charge is -2.27. The summed E-state index contributed by atoms with van der Waals surface area (Å²) in [6, 6.07) is 9.53. The van der Waals surface area contributed by atoms with E-state index in [4.69, 9.17) is 16.3 Å². The van der Waals surface area contributed by atoms with Gasteiger partial charge in [0.05, 0.1) is 12.1 Å². The van der Waals surface area contributed by atoms with Crippen LogP contribution in [0, 0.1) is 5.95 Å². The largest absolute Gasteiger partial charge is 0.443 e. The molecule has 2 rings (SSSR count). The van der Waals surface area contributed by atoms with Crippen molar-refractivity contribution in [3.8, 4) is 0 Å². The highest BCUT2D eigenvalue weighted by molar-refractivity contribution is 6.30. The first-order valence-corrected chi connectivity index (χ1v) is 7.94. The van der Waals surface area contributed by atoms with E-state index in [1.54, 1.807) is 45.0 Å². The second kappa shape index (κ2) is 7.61. The van der Waals surface area contributed by atoms with E-state index in [2.05, 4.69) is 4.98 Å². The highest BCUT2D eigenvalue weighted by Crippen LogP contribution is 2.21. The van der Waals surface area contributed by atoms with Crippen molar-refractivity contribution in [2.24, 2.45) is 0 Å². The first-order chi connectivity index (χ1) is 11.7. The van der Waals surface area contributed by atoms with Gasteiger partial charge in [-0.15, -0.1) is 0 Å². The van der Waals surface area contributed by atoms with Crippen LogP contribution in [0.4, 0.5) is 15.0 Å². The number of halogens is 2. The molecule has 0 N–H and O–H groups in total. The van der Waals surface area contributed by atoms with E-state index >= 15 is 0 Å². The monoisotopic (exact) mass is 364 g/mol. The maximum Gasteiger partial charge on any atom is 0.416 e. The molecule has 0 aliphatic heterocycles. The minimum absolute atomic E-state index is 0.0484. The smallest absolute Gasteiger partial charge is 0.416 e. The van der Waals surface area contributed by atoms with Crippen LogP contribution in [0.5, 0.6) is 0 Å². The average molecular weight is 365 g/mol. The van der Waals surface area contributed by atoms with Gasteiger partial charge in [0.15, 0.2) is 6.29 Å². The first kappa shape index (κ1) is 18.9. The summed E-state index contributed by atoms with van der Waals surface area (Å²) >= 11 is 5.87. The fraction of sp³-hybridized carbons (Fsp3) is 0.278. The molecule has 0 radical (unpaired) electrons. The summed E-state index contributed by atoms with van der Waals surface area (Å²) in [5.74, 6) is -0.899. The molecule has 0 saturated carbocycles. The number of nitrogens with zero attached hydrogens (tertiary/aromatic N) is 2. The van der Waals surface area contributed by atoms with Gasteiger partial charge < -0.3 is 4.74 Å². The number of rotatable bonds is 4. The van der Waals surface area contributed by atoms with E-state index in [9.17, 15) is 14.0 Å². The summed E-state index contributed by atoms with van der Waals surface area (Å²) in [6.45, 7) is 5.30. The molecule has 0 atom stereocenters. The van der Waals surface area contributed by atoms with E-state index in [1.165, 1.54) is 17.0 Å². The summed E-state index contributed by atoms with van der Waals surface area (Å²) in [6.07, 6.45) is -0.309. The Morgan fingerprint density at radius 3 is 2.40 bits per heavy atom. The van der Waals surface area contributed by atoms with Crippen LogP contribution in [0.15, 0.2) is 36.4 Å². The van der Waals surface area contributed by atoms with Gasteiger partial charge in [0, 0.05) is 5.02 Å². The molecule has 0 spiro atoms. The van der Waals surface area contributed by atoms with Crippen LogP contribution in [0.3, 0.4) is 0 Å². The number of anilines is 1. The number of ether oxygens (including phenoxy) is 1. The molecule has 2 aromatic rings. The second-order valence-corrected chi connectivity index (χ2v) is 6.80. The van der Waals surface area contributed by atoms with Gasteiger partial charge in [-0.3, -0.25) is 9.69 Å². The first-order valence-electron chi connectivity index (χ1n) is 7.56. The Morgan fingerprint density at radius 2 is 1.88 bits per heavy atom. The van der Waals surface area contributed by atoms with E-state index in [0.29, 0.717) is 11.3 Å². The lowest BCUT2D eigenvalue weighted by atomic mass is 10.2. The van der Waals surface area contributed by atoms with E-state index in [-0.39, 0.29) is 17.9 Å². The molecule has 5 nitrogen and oxygen atoms in total. The zero-order valence-electron chi connectivity index (χ0n) is 14.1. The van der Waals surface area contributed by atoms with Crippen molar-refractivity contribution in [1.29, 1.82) is 0 Å². The Kier molecular flexibility index (Phi) is 5.74. The van der Waals surface area contributed by atoms with Crippen molar-refractivity contribution in [1.82, 2.24) is 4.98 Å². The molecule has 1 amide bonds. The topological polar surface area (TPSA) is 59.5 Å². The Bertz CT molecular complexity index is 773. The molecule has 7 heteroatoms. The molecule has 0 bridgehead atoms. The maximum atomic E-state index is 13.9. The Balaban J connectivity index is 2.37. The number of hydrogen-bond donors (Lipinski definition) is 0. The van der Waals surface area contributed by atoms with Crippen LogP contribution in [0.1, 0.15) is 36.7 Å². The Morgan fingerprint density at radius 1 is 1.24 bits per heavy atom.